The first kappa shape index (κ1) is 13.1. The van der Waals surface area contributed by atoms with E-state index >= 15 is 0 Å². The molecular formula is C14H12BrNO4. The molecule has 3 rings (SSSR count). The third kappa shape index (κ3) is 2.27. The van der Waals surface area contributed by atoms with Gasteiger partial charge in [-0.2, -0.15) is 0 Å². The maximum atomic E-state index is 11.2. The minimum atomic E-state index is -0.983. The van der Waals surface area contributed by atoms with Crippen LogP contribution in [0.15, 0.2) is 39.4 Å². The molecule has 1 N–H and O–H groups in total. The number of para-hydroxylation sites is 1. The summed E-state index contributed by atoms with van der Waals surface area (Å²) in [5, 5.41) is 9.20. The van der Waals surface area contributed by atoms with E-state index in [1.165, 1.54) is 0 Å². The van der Waals surface area contributed by atoms with Crippen molar-refractivity contribution < 1.29 is 19.1 Å². The molecule has 2 aromatic rings. The predicted molar refractivity (Wildman–Crippen MR) is 76.4 cm³/mol. The van der Waals surface area contributed by atoms with Crippen LogP contribution < -0.4 is 9.64 Å². The number of furan rings is 1. The molecule has 0 fully saturated rings. The molecule has 0 aliphatic carbocycles. The minimum Gasteiger partial charge on any atom is -0.489 e. The highest BCUT2D eigenvalue weighted by atomic mass is 79.9. The standard InChI is InChI=1S/C14H12BrNO4/c15-10-4-6-19-12(10)8-16-5-7-20-13-9(14(17)18)2-1-3-11(13)16/h1-4,6H,5,7-8H2,(H,17,18). The lowest BCUT2D eigenvalue weighted by molar-refractivity contribution is 0.0692. The van der Waals surface area contributed by atoms with Gasteiger partial charge in [0.15, 0.2) is 5.75 Å². The highest BCUT2D eigenvalue weighted by Gasteiger charge is 2.24. The Labute approximate surface area is 123 Å². The van der Waals surface area contributed by atoms with Crippen LogP contribution in [0.25, 0.3) is 0 Å². The van der Waals surface area contributed by atoms with Crippen LogP contribution in [0.3, 0.4) is 0 Å². The molecule has 0 amide bonds. The van der Waals surface area contributed by atoms with Gasteiger partial charge < -0.3 is 19.2 Å². The van der Waals surface area contributed by atoms with Gasteiger partial charge in [-0.15, -0.1) is 0 Å². The Kier molecular flexibility index (Phi) is 3.40. The number of rotatable bonds is 3. The molecule has 1 aliphatic heterocycles. The predicted octanol–water partition coefficient (Wildman–Crippen LogP) is 3.14. The summed E-state index contributed by atoms with van der Waals surface area (Å²) in [4.78, 5) is 13.3. The summed E-state index contributed by atoms with van der Waals surface area (Å²) in [6.45, 7) is 1.70. The number of hydrogen-bond donors (Lipinski definition) is 1. The maximum absolute atomic E-state index is 11.2. The highest BCUT2D eigenvalue weighted by Crippen LogP contribution is 2.36. The number of nitrogens with zero attached hydrogens (tertiary/aromatic N) is 1. The van der Waals surface area contributed by atoms with Gasteiger partial charge in [0.2, 0.25) is 0 Å². The van der Waals surface area contributed by atoms with Gasteiger partial charge in [-0.25, -0.2) is 4.79 Å². The number of carbonyl (C=O) groups is 1. The van der Waals surface area contributed by atoms with E-state index < -0.39 is 5.97 Å². The fraction of sp³-hybridized carbons (Fsp3) is 0.214. The molecule has 0 saturated heterocycles. The zero-order chi connectivity index (χ0) is 14.1. The van der Waals surface area contributed by atoms with Gasteiger partial charge in [-0.3, -0.25) is 0 Å². The van der Waals surface area contributed by atoms with Crippen LogP contribution in [0.2, 0.25) is 0 Å². The Hall–Kier alpha value is -1.95. The van der Waals surface area contributed by atoms with Crippen molar-refractivity contribution in [2.24, 2.45) is 0 Å². The first-order valence-corrected chi connectivity index (χ1v) is 6.92. The molecule has 20 heavy (non-hydrogen) atoms. The quantitative estimate of drug-likeness (QED) is 0.932. The van der Waals surface area contributed by atoms with Crippen LogP contribution in [-0.2, 0) is 6.54 Å². The Morgan fingerprint density at radius 2 is 2.25 bits per heavy atom. The van der Waals surface area contributed by atoms with Crippen LogP contribution in [0, 0.1) is 0 Å². The molecule has 1 aliphatic rings. The molecule has 0 unspecified atom stereocenters. The zero-order valence-electron chi connectivity index (χ0n) is 10.5. The number of carboxylic acids is 1. The van der Waals surface area contributed by atoms with Crippen LogP contribution in [0.1, 0.15) is 16.1 Å². The Bertz CT molecular complexity index is 652. The van der Waals surface area contributed by atoms with Crippen molar-refractivity contribution in [3.05, 3.63) is 46.3 Å². The molecule has 0 radical (unpaired) electrons. The fourth-order valence-corrected chi connectivity index (χ4v) is 2.57. The number of hydrogen-bond acceptors (Lipinski definition) is 4. The molecule has 5 nitrogen and oxygen atoms in total. The lowest BCUT2D eigenvalue weighted by atomic mass is 10.1. The van der Waals surface area contributed by atoms with E-state index in [4.69, 9.17) is 9.15 Å². The molecule has 0 saturated carbocycles. The smallest absolute Gasteiger partial charge is 0.339 e. The van der Waals surface area contributed by atoms with E-state index in [2.05, 4.69) is 20.8 Å². The van der Waals surface area contributed by atoms with Crippen molar-refractivity contribution in [1.82, 2.24) is 0 Å². The molecule has 104 valence electrons. The lowest BCUT2D eigenvalue weighted by Gasteiger charge is -2.31. The second-order valence-electron chi connectivity index (χ2n) is 4.42. The fourth-order valence-electron chi connectivity index (χ4n) is 2.25. The summed E-state index contributed by atoms with van der Waals surface area (Å²) in [6, 6.07) is 6.97. The molecule has 1 aromatic carbocycles. The summed E-state index contributed by atoms with van der Waals surface area (Å²) in [5.41, 5.74) is 0.963. The number of aromatic carboxylic acids is 1. The topological polar surface area (TPSA) is 62.9 Å². The highest BCUT2D eigenvalue weighted by molar-refractivity contribution is 9.10. The maximum Gasteiger partial charge on any atom is 0.339 e. The number of anilines is 1. The largest absolute Gasteiger partial charge is 0.489 e. The third-order valence-electron chi connectivity index (χ3n) is 3.20. The van der Waals surface area contributed by atoms with Gasteiger partial charge in [0.25, 0.3) is 0 Å². The van der Waals surface area contributed by atoms with Gasteiger partial charge >= 0.3 is 5.97 Å². The van der Waals surface area contributed by atoms with E-state index in [-0.39, 0.29) is 5.56 Å². The van der Waals surface area contributed by atoms with Crippen molar-refractivity contribution in [3.63, 3.8) is 0 Å². The van der Waals surface area contributed by atoms with Crippen molar-refractivity contribution >= 4 is 27.6 Å². The molecule has 0 bridgehead atoms. The van der Waals surface area contributed by atoms with Crippen molar-refractivity contribution in [1.29, 1.82) is 0 Å². The Balaban J connectivity index is 1.96. The minimum absolute atomic E-state index is 0.186. The summed E-state index contributed by atoms with van der Waals surface area (Å²) >= 11 is 3.42. The Morgan fingerprint density at radius 1 is 1.40 bits per heavy atom. The average Bonchev–Trinajstić information content (AvgIpc) is 2.84. The number of ether oxygens (including phenoxy) is 1. The SMILES string of the molecule is O=C(O)c1cccc2c1OCCN2Cc1occc1Br. The van der Waals surface area contributed by atoms with Crippen LogP contribution in [0.5, 0.6) is 5.75 Å². The molecule has 0 spiro atoms. The molecule has 6 heteroatoms. The Morgan fingerprint density at radius 3 is 2.95 bits per heavy atom. The lowest BCUT2D eigenvalue weighted by Crippen LogP contribution is -2.32. The van der Waals surface area contributed by atoms with Crippen molar-refractivity contribution in [3.8, 4) is 5.75 Å². The number of carboxylic acid groups (broad SMARTS) is 1. The number of halogens is 1. The first-order valence-electron chi connectivity index (χ1n) is 6.12. The van der Waals surface area contributed by atoms with E-state index in [1.807, 2.05) is 12.1 Å². The molecular weight excluding hydrogens is 326 g/mol. The first-order chi connectivity index (χ1) is 9.66. The second-order valence-corrected chi connectivity index (χ2v) is 5.28. The van der Waals surface area contributed by atoms with Gasteiger partial charge in [0, 0.05) is 0 Å². The number of fused-ring (bicyclic) bond motifs is 1. The summed E-state index contributed by atoms with van der Waals surface area (Å²) in [7, 11) is 0. The average molecular weight is 338 g/mol. The van der Waals surface area contributed by atoms with Crippen LogP contribution in [-0.4, -0.2) is 24.2 Å². The molecule has 0 atom stereocenters. The summed E-state index contributed by atoms with van der Waals surface area (Å²) in [5.74, 6) is 0.246. The molecule has 2 heterocycles. The summed E-state index contributed by atoms with van der Waals surface area (Å²) in [6.07, 6.45) is 1.62. The van der Waals surface area contributed by atoms with Crippen molar-refractivity contribution in [2.45, 2.75) is 6.54 Å². The van der Waals surface area contributed by atoms with Gasteiger partial charge in [0.05, 0.1) is 29.5 Å². The van der Waals surface area contributed by atoms with Crippen LogP contribution in [0.4, 0.5) is 5.69 Å². The number of benzene rings is 1. The van der Waals surface area contributed by atoms with Crippen molar-refractivity contribution in [2.75, 3.05) is 18.1 Å². The van der Waals surface area contributed by atoms with E-state index in [0.717, 1.165) is 15.9 Å². The third-order valence-corrected chi connectivity index (χ3v) is 3.91. The van der Waals surface area contributed by atoms with Crippen LogP contribution >= 0.6 is 15.9 Å². The molecule has 1 aromatic heterocycles. The van der Waals surface area contributed by atoms with E-state index in [1.54, 1.807) is 18.4 Å². The van der Waals surface area contributed by atoms with Gasteiger partial charge in [-0.05, 0) is 34.1 Å². The van der Waals surface area contributed by atoms with Gasteiger partial charge in [-0.1, -0.05) is 6.07 Å². The van der Waals surface area contributed by atoms with Gasteiger partial charge in [0.1, 0.15) is 17.9 Å². The normalized spacial score (nSPS) is 13.8. The second kappa shape index (κ2) is 5.20. The summed E-state index contributed by atoms with van der Waals surface area (Å²) < 4.78 is 11.8. The van der Waals surface area contributed by atoms with E-state index in [9.17, 15) is 9.90 Å². The van der Waals surface area contributed by atoms with E-state index in [0.29, 0.717) is 25.4 Å². The zero-order valence-corrected chi connectivity index (χ0v) is 12.1. The monoisotopic (exact) mass is 337 g/mol.